The van der Waals surface area contributed by atoms with Gasteiger partial charge in [0.2, 0.25) is 5.95 Å². The van der Waals surface area contributed by atoms with Gasteiger partial charge in [0.1, 0.15) is 19.0 Å². The van der Waals surface area contributed by atoms with Crippen LogP contribution in [0.25, 0.3) is 0 Å². The zero-order chi connectivity index (χ0) is 25.1. The van der Waals surface area contributed by atoms with E-state index in [9.17, 15) is 4.79 Å². The molecule has 2 N–H and O–H groups in total. The molecule has 0 spiro atoms. The fourth-order valence-electron chi connectivity index (χ4n) is 4.19. The second-order valence-electron chi connectivity index (χ2n) is 8.21. The van der Waals surface area contributed by atoms with Crippen molar-refractivity contribution in [3.63, 3.8) is 0 Å². The van der Waals surface area contributed by atoms with Crippen LogP contribution >= 0.6 is 11.6 Å². The van der Waals surface area contributed by atoms with E-state index in [2.05, 4.69) is 20.7 Å². The normalized spacial score (nSPS) is 14.6. The molecule has 182 valence electrons. The second kappa shape index (κ2) is 10.1. The van der Waals surface area contributed by atoms with Crippen molar-refractivity contribution in [1.82, 2.24) is 14.8 Å². The minimum absolute atomic E-state index is 0.260. The Hall–Kier alpha value is -4.30. The predicted molar refractivity (Wildman–Crippen MR) is 138 cm³/mol. The number of methoxy groups -OCH3 is 1. The SMILES string of the molecule is COc1cccc([C@H]2C(C(=O)Nc3ccccc3)=C(C)Nc3ncnn32)c1OCc1ccc(Cl)cc1. The smallest absolute Gasteiger partial charge is 0.255 e. The van der Waals surface area contributed by atoms with E-state index in [1.54, 1.807) is 11.8 Å². The van der Waals surface area contributed by atoms with Gasteiger partial charge in [0.05, 0.1) is 12.7 Å². The maximum absolute atomic E-state index is 13.6. The summed E-state index contributed by atoms with van der Waals surface area (Å²) in [6.45, 7) is 2.13. The molecule has 5 rings (SSSR count). The van der Waals surface area contributed by atoms with Crippen molar-refractivity contribution < 1.29 is 14.3 Å². The minimum Gasteiger partial charge on any atom is -0.493 e. The van der Waals surface area contributed by atoms with Crippen molar-refractivity contribution in [3.8, 4) is 11.5 Å². The molecular formula is C27H24ClN5O3. The molecule has 3 aromatic carbocycles. The number of carbonyl (C=O) groups is 1. The second-order valence-corrected chi connectivity index (χ2v) is 8.64. The highest BCUT2D eigenvalue weighted by Crippen LogP contribution is 2.43. The Bertz CT molecular complexity index is 1420. The van der Waals surface area contributed by atoms with Gasteiger partial charge in [-0.25, -0.2) is 4.68 Å². The summed E-state index contributed by atoms with van der Waals surface area (Å²) in [6, 6.07) is 21.7. The van der Waals surface area contributed by atoms with Crippen molar-refractivity contribution in [1.29, 1.82) is 0 Å². The first-order chi connectivity index (χ1) is 17.5. The van der Waals surface area contributed by atoms with E-state index in [-0.39, 0.29) is 12.5 Å². The van der Waals surface area contributed by atoms with E-state index in [0.29, 0.717) is 45.0 Å². The Balaban J connectivity index is 1.57. The zero-order valence-corrected chi connectivity index (χ0v) is 20.5. The van der Waals surface area contributed by atoms with Crippen LogP contribution in [-0.2, 0) is 11.4 Å². The number of allylic oxidation sites excluding steroid dienone is 1. The molecule has 0 radical (unpaired) electrons. The number of rotatable bonds is 7. The van der Waals surface area contributed by atoms with Crippen LogP contribution in [0.5, 0.6) is 11.5 Å². The molecule has 0 unspecified atom stereocenters. The van der Waals surface area contributed by atoms with Crippen LogP contribution in [0.4, 0.5) is 11.6 Å². The highest BCUT2D eigenvalue weighted by Gasteiger charge is 2.36. The topological polar surface area (TPSA) is 90.3 Å². The molecule has 0 saturated heterocycles. The third-order valence-electron chi connectivity index (χ3n) is 5.89. The van der Waals surface area contributed by atoms with Crippen LogP contribution in [0.1, 0.15) is 24.1 Å². The van der Waals surface area contributed by atoms with Crippen molar-refractivity contribution in [3.05, 3.63) is 107 Å². The van der Waals surface area contributed by atoms with Crippen LogP contribution in [-0.4, -0.2) is 27.8 Å². The van der Waals surface area contributed by atoms with Gasteiger partial charge in [-0.15, -0.1) is 0 Å². The molecule has 9 heteroatoms. The van der Waals surface area contributed by atoms with Crippen LogP contribution < -0.4 is 20.1 Å². The summed E-state index contributed by atoms with van der Waals surface area (Å²) in [6.07, 6.45) is 1.45. The molecule has 1 aliphatic rings. The van der Waals surface area contributed by atoms with Gasteiger partial charge in [0.15, 0.2) is 11.5 Å². The summed E-state index contributed by atoms with van der Waals surface area (Å²) in [7, 11) is 1.59. The fourth-order valence-corrected chi connectivity index (χ4v) is 4.32. The number of hydrogen-bond donors (Lipinski definition) is 2. The third-order valence-corrected chi connectivity index (χ3v) is 6.14. The van der Waals surface area contributed by atoms with E-state index in [1.165, 1.54) is 6.33 Å². The molecule has 1 amide bonds. The monoisotopic (exact) mass is 501 g/mol. The maximum atomic E-state index is 13.6. The van der Waals surface area contributed by atoms with Gasteiger partial charge >= 0.3 is 0 Å². The predicted octanol–water partition coefficient (Wildman–Crippen LogP) is 5.45. The molecular weight excluding hydrogens is 478 g/mol. The number of ether oxygens (including phenoxy) is 2. The average Bonchev–Trinajstić information content (AvgIpc) is 3.36. The summed E-state index contributed by atoms with van der Waals surface area (Å²) < 4.78 is 13.6. The molecule has 0 bridgehead atoms. The summed E-state index contributed by atoms with van der Waals surface area (Å²) in [5, 5.41) is 11.3. The minimum atomic E-state index is -0.609. The average molecular weight is 502 g/mol. The number of amides is 1. The van der Waals surface area contributed by atoms with Crippen LogP contribution in [0.2, 0.25) is 5.02 Å². The molecule has 1 atom stereocenters. The number of carbonyl (C=O) groups excluding carboxylic acids is 1. The lowest BCUT2D eigenvalue weighted by atomic mass is 9.94. The lowest BCUT2D eigenvalue weighted by molar-refractivity contribution is -0.113. The maximum Gasteiger partial charge on any atom is 0.255 e. The Kier molecular flexibility index (Phi) is 6.60. The standard InChI is InChI=1S/C27H24ClN5O3/c1-17-23(26(34)32-20-7-4-3-5-8-20)24(33-27(31-17)29-16-30-33)21-9-6-10-22(35-2)25(21)36-15-18-11-13-19(28)14-12-18/h3-14,16,24H,15H2,1-2H3,(H,32,34)(H,29,30,31)/t24-/m0/s1. The number of aromatic nitrogens is 3. The van der Waals surface area contributed by atoms with Crippen molar-refractivity contribution >= 4 is 29.1 Å². The largest absolute Gasteiger partial charge is 0.493 e. The van der Waals surface area contributed by atoms with Gasteiger partial charge in [-0.05, 0) is 42.8 Å². The Morgan fingerprint density at radius 3 is 2.61 bits per heavy atom. The molecule has 0 aliphatic carbocycles. The highest BCUT2D eigenvalue weighted by molar-refractivity contribution is 6.30. The molecule has 0 fully saturated rings. The number of anilines is 2. The number of halogens is 1. The number of hydrogen-bond acceptors (Lipinski definition) is 6. The number of fused-ring (bicyclic) bond motifs is 1. The lowest BCUT2D eigenvalue weighted by Gasteiger charge is -2.30. The fraction of sp³-hybridized carbons (Fsp3) is 0.148. The van der Waals surface area contributed by atoms with E-state index in [4.69, 9.17) is 21.1 Å². The summed E-state index contributed by atoms with van der Waals surface area (Å²) >= 11 is 6.03. The van der Waals surface area contributed by atoms with Crippen LogP contribution in [0.15, 0.2) is 90.4 Å². The van der Waals surface area contributed by atoms with Gasteiger partial charge in [-0.1, -0.05) is 54.1 Å². The quantitative estimate of drug-likeness (QED) is 0.350. The molecule has 4 aromatic rings. The summed E-state index contributed by atoms with van der Waals surface area (Å²) in [5.74, 6) is 1.33. The van der Waals surface area contributed by atoms with Crippen molar-refractivity contribution in [2.75, 3.05) is 17.7 Å². The van der Waals surface area contributed by atoms with Crippen LogP contribution in [0.3, 0.4) is 0 Å². The Labute approximate surface area is 213 Å². The lowest BCUT2D eigenvalue weighted by Crippen LogP contribution is -2.31. The molecule has 36 heavy (non-hydrogen) atoms. The number of nitrogens with zero attached hydrogens (tertiary/aromatic N) is 3. The third kappa shape index (κ3) is 4.63. The van der Waals surface area contributed by atoms with E-state index >= 15 is 0 Å². The highest BCUT2D eigenvalue weighted by atomic mass is 35.5. The number of para-hydroxylation sites is 2. The number of nitrogens with one attached hydrogen (secondary N) is 2. The van der Waals surface area contributed by atoms with Crippen molar-refractivity contribution in [2.45, 2.75) is 19.6 Å². The molecule has 1 aliphatic heterocycles. The Morgan fingerprint density at radius 2 is 1.86 bits per heavy atom. The van der Waals surface area contributed by atoms with Gasteiger partial charge < -0.3 is 20.1 Å². The van der Waals surface area contributed by atoms with Gasteiger partial charge in [-0.2, -0.15) is 10.1 Å². The van der Waals surface area contributed by atoms with E-state index in [1.807, 2.05) is 79.7 Å². The summed E-state index contributed by atoms with van der Waals surface area (Å²) in [5.41, 5.74) is 3.50. The van der Waals surface area contributed by atoms with Gasteiger partial charge in [-0.3, -0.25) is 4.79 Å². The zero-order valence-electron chi connectivity index (χ0n) is 19.7. The molecule has 8 nitrogen and oxygen atoms in total. The Morgan fingerprint density at radius 1 is 1.08 bits per heavy atom. The first-order valence-corrected chi connectivity index (χ1v) is 11.7. The first-order valence-electron chi connectivity index (χ1n) is 11.3. The molecule has 0 saturated carbocycles. The molecule has 2 heterocycles. The van der Waals surface area contributed by atoms with Crippen LogP contribution in [0, 0.1) is 0 Å². The van der Waals surface area contributed by atoms with Gasteiger partial charge in [0, 0.05) is 22.0 Å². The first kappa shape index (κ1) is 23.4. The van der Waals surface area contributed by atoms with E-state index < -0.39 is 6.04 Å². The number of benzene rings is 3. The van der Waals surface area contributed by atoms with Crippen molar-refractivity contribution in [2.24, 2.45) is 0 Å². The van der Waals surface area contributed by atoms with Gasteiger partial charge in [0.25, 0.3) is 5.91 Å². The van der Waals surface area contributed by atoms with E-state index in [0.717, 1.165) is 5.56 Å². The summed E-state index contributed by atoms with van der Waals surface area (Å²) in [4.78, 5) is 17.9. The molecule has 1 aromatic heterocycles.